The summed E-state index contributed by atoms with van der Waals surface area (Å²) in [4.78, 5) is 23.0. The molecule has 128 valence electrons. The molecule has 2 atom stereocenters. The van der Waals surface area contributed by atoms with Crippen molar-refractivity contribution in [2.75, 3.05) is 25.1 Å². The Kier molecular flexibility index (Phi) is 4.80. The first-order valence-electron chi connectivity index (χ1n) is 8.05. The van der Waals surface area contributed by atoms with Gasteiger partial charge in [0.15, 0.2) is 0 Å². The van der Waals surface area contributed by atoms with Crippen LogP contribution in [0.1, 0.15) is 22.5 Å². The summed E-state index contributed by atoms with van der Waals surface area (Å²) in [6.45, 7) is 3.26. The fourth-order valence-corrected chi connectivity index (χ4v) is 3.07. The van der Waals surface area contributed by atoms with Gasteiger partial charge in [0.25, 0.3) is 5.91 Å². The molecule has 0 aliphatic carbocycles. The van der Waals surface area contributed by atoms with Gasteiger partial charge in [-0.05, 0) is 19.4 Å². The van der Waals surface area contributed by atoms with Gasteiger partial charge in [-0.25, -0.2) is 9.97 Å². The van der Waals surface area contributed by atoms with Gasteiger partial charge in [-0.1, -0.05) is 0 Å². The summed E-state index contributed by atoms with van der Waals surface area (Å²) in [5.74, 6) is 0.816. The lowest BCUT2D eigenvalue weighted by molar-refractivity contribution is 0.0946. The highest BCUT2D eigenvalue weighted by Gasteiger charge is 2.33. The van der Waals surface area contributed by atoms with E-state index in [0.29, 0.717) is 12.1 Å². The van der Waals surface area contributed by atoms with Gasteiger partial charge in [-0.3, -0.25) is 4.79 Å². The van der Waals surface area contributed by atoms with Gasteiger partial charge in [0.1, 0.15) is 12.1 Å². The zero-order chi connectivity index (χ0) is 17.1. The minimum Gasteiger partial charge on any atom is -0.380 e. The van der Waals surface area contributed by atoms with E-state index in [1.165, 1.54) is 0 Å². The van der Waals surface area contributed by atoms with Crippen molar-refractivity contribution in [2.24, 2.45) is 7.05 Å². The second-order valence-electron chi connectivity index (χ2n) is 6.19. The van der Waals surface area contributed by atoms with Gasteiger partial charge in [0.05, 0.1) is 17.7 Å². The van der Waals surface area contributed by atoms with Crippen molar-refractivity contribution in [1.82, 2.24) is 19.9 Å². The lowest BCUT2D eigenvalue weighted by Gasteiger charge is -2.25. The molecule has 0 aromatic carbocycles. The number of aromatic nitrogens is 3. The molecule has 1 amide bonds. The molecule has 0 radical (unpaired) electrons. The molecule has 2 aromatic heterocycles. The van der Waals surface area contributed by atoms with Crippen LogP contribution in [0.15, 0.2) is 30.9 Å². The molecule has 1 aliphatic heterocycles. The van der Waals surface area contributed by atoms with Crippen LogP contribution in [0.3, 0.4) is 0 Å². The first kappa shape index (κ1) is 16.4. The van der Waals surface area contributed by atoms with Gasteiger partial charge >= 0.3 is 0 Å². The summed E-state index contributed by atoms with van der Waals surface area (Å²) in [6, 6.07) is 3.93. The van der Waals surface area contributed by atoms with Crippen molar-refractivity contribution in [2.45, 2.75) is 25.5 Å². The summed E-state index contributed by atoms with van der Waals surface area (Å²) in [5, 5.41) is 3.02. The van der Waals surface area contributed by atoms with E-state index < -0.39 is 0 Å². The zero-order valence-electron chi connectivity index (χ0n) is 14.3. The van der Waals surface area contributed by atoms with Crippen molar-refractivity contribution in [1.29, 1.82) is 0 Å². The van der Waals surface area contributed by atoms with Crippen LogP contribution >= 0.6 is 0 Å². The second-order valence-corrected chi connectivity index (χ2v) is 6.19. The highest BCUT2D eigenvalue weighted by Crippen LogP contribution is 2.25. The van der Waals surface area contributed by atoms with Gasteiger partial charge < -0.3 is 19.5 Å². The van der Waals surface area contributed by atoms with Crippen molar-refractivity contribution in [3.63, 3.8) is 0 Å². The third-order valence-corrected chi connectivity index (χ3v) is 4.39. The van der Waals surface area contributed by atoms with Crippen LogP contribution < -0.4 is 10.2 Å². The van der Waals surface area contributed by atoms with Crippen molar-refractivity contribution in [3.05, 3.63) is 42.1 Å². The molecule has 7 heteroatoms. The standard InChI is InChI=1S/C17H23N5O2/c1-12-6-16(20-11-19-12)22-10-15(24-3)7-14(22)8-18-17(23)13-4-5-21(2)9-13/h4-6,9,11,14-15H,7-8,10H2,1-3H3,(H,18,23)/t14-,15-/m0/s1. The number of carbonyl (C=O) groups is 1. The fourth-order valence-electron chi connectivity index (χ4n) is 3.07. The van der Waals surface area contributed by atoms with Crippen LogP contribution in [-0.4, -0.2) is 52.8 Å². The summed E-state index contributed by atoms with van der Waals surface area (Å²) >= 11 is 0. The molecule has 0 bridgehead atoms. The molecule has 1 fully saturated rings. The Balaban J connectivity index is 1.68. The van der Waals surface area contributed by atoms with E-state index in [1.54, 1.807) is 13.4 Å². The fraction of sp³-hybridized carbons (Fsp3) is 0.471. The quantitative estimate of drug-likeness (QED) is 0.891. The Morgan fingerprint density at radius 3 is 2.96 bits per heavy atom. The maximum Gasteiger partial charge on any atom is 0.252 e. The number of carbonyl (C=O) groups excluding carboxylic acids is 1. The summed E-state index contributed by atoms with van der Waals surface area (Å²) < 4.78 is 7.38. The van der Waals surface area contributed by atoms with E-state index >= 15 is 0 Å². The van der Waals surface area contributed by atoms with E-state index in [1.807, 2.05) is 43.1 Å². The molecule has 1 saturated heterocycles. The average Bonchev–Trinajstić information content (AvgIpc) is 3.18. The summed E-state index contributed by atoms with van der Waals surface area (Å²) in [5.41, 5.74) is 1.59. The number of anilines is 1. The molecular weight excluding hydrogens is 306 g/mol. The number of methoxy groups -OCH3 is 1. The number of aryl methyl sites for hydroxylation is 2. The van der Waals surface area contributed by atoms with Crippen LogP contribution in [0.5, 0.6) is 0 Å². The SMILES string of the molecule is CO[C@H]1C[C@@H](CNC(=O)c2ccn(C)c2)N(c2cc(C)ncn2)C1. The molecule has 3 heterocycles. The number of rotatable bonds is 5. The van der Waals surface area contributed by atoms with Crippen LogP contribution in [-0.2, 0) is 11.8 Å². The van der Waals surface area contributed by atoms with Crippen LogP contribution in [0, 0.1) is 6.92 Å². The van der Waals surface area contributed by atoms with Crippen molar-refractivity contribution < 1.29 is 9.53 Å². The molecule has 3 rings (SSSR count). The van der Waals surface area contributed by atoms with E-state index in [4.69, 9.17) is 4.74 Å². The lowest BCUT2D eigenvalue weighted by atomic mass is 10.2. The largest absolute Gasteiger partial charge is 0.380 e. The highest BCUT2D eigenvalue weighted by molar-refractivity contribution is 5.94. The Bertz CT molecular complexity index is 715. The van der Waals surface area contributed by atoms with Crippen molar-refractivity contribution in [3.8, 4) is 0 Å². The topological polar surface area (TPSA) is 72.3 Å². The Morgan fingerprint density at radius 1 is 1.46 bits per heavy atom. The maximum absolute atomic E-state index is 12.3. The normalized spacial score (nSPS) is 20.4. The predicted molar refractivity (Wildman–Crippen MR) is 91.1 cm³/mol. The minimum absolute atomic E-state index is 0.0599. The molecule has 1 aliphatic rings. The van der Waals surface area contributed by atoms with Gasteiger partial charge in [0, 0.05) is 51.4 Å². The minimum atomic E-state index is -0.0599. The molecular formula is C17H23N5O2. The number of hydrogen-bond acceptors (Lipinski definition) is 5. The number of ether oxygens (including phenoxy) is 1. The van der Waals surface area contributed by atoms with Crippen LogP contribution in [0.2, 0.25) is 0 Å². The van der Waals surface area contributed by atoms with Crippen LogP contribution in [0.4, 0.5) is 5.82 Å². The monoisotopic (exact) mass is 329 g/mol. The summed E-state index contributed by atoms with van der Waals surface area (Å²) in [7, 11) is 3.62. The average molecular weight is 329 g/mol. The number of hydrogen-bond donors (Lipinski definition) is 1. The Hall–Kier alpha value is -2.41. The Labute approximate surface area is 141 Å². The second kappa shape index (κ2) is 7.00. The highest BCUT2D eigenvalue weighted by atomic mass is 16.5. The third-order valence-electron chi connectivity index (χ3n) is 4.39. The lowest BCUT2D eigenvalue weighted by Crippen LogP contribution is -2.40. The first-order valence-corrected chi connectivity index (χ1v) is 8.05. The molecule has 2 aromatic rings. The van der Waals surface area contributed by atoms with E-state index in [0.717, 1.165) is 24.5 Å². The Morgan fingerprint density at radius 2 is 2.29 bits per heavy atom. The third kappa shape index (κ3) is 3.56. The molecule has 24 heavy (non-hydrogen) atoms. The molecule has 0 unspecified atom stereocenters. The molecule has 0 saturated carbocycles. The predicted octanol–water partition coefficient (Wildman–Crippen LogP) is 1.15. The van der Waals surface area contributed by atoms with E-state index in [2.05, 4.69) is 20.2 Å². The zero-order valence-corrected chi connectivity index (χ0v) is 14.3. The van der Waals surface area contributed by atoms with Gasteiger partial charge in [0.2, 0.25) is 0 Å². The smallest absolute Gasteiger partial charge is 0.252 e. The number of nitrogens with one attached hydrogen (secondary N) is 1. The van der Waals surface area contributed by atoms with Gasteiger partial charge in [-0.15, -0.1) is 0 Å². The number of amides is 1. The van der Waals surface area contributed by atoms with Gasteiger partial charge in [-0.2, -0.15) is 0 Å². The molecule has 0 spiro atoms. The van der Waals surface area contributed by atoms with E-state index in [9.17, 15) is 4.79 Å². The van der Waals surface area contributed by atoms with E-state index in [-0.39, 0.29) is 18.1 Å². The van der Waals surface area contributed by atoms with Crippen molar-refractivity contribution >= 4 is 11.7 Å². The van der Waals surface area contributed by atoms with Crippen LogP contribution in [0.25, 0.3) is 0 Å². The summed E-state index contributed by atoms with van der Waals surface area (Å²) in [6.07, 6.45) is 6.24. The molecule has 1 N–H and O–H groups in total. The number of nitrogens with zero attached hydrogens (tertiary/aromatic N) is 4. The first-order chi connectivity index (χ1) is 11.6. The maximum atomic E-state index is 12.3. The molecule has 7 nitrogen and oxygen atoms in total.